The predicted octanol–water partition coefficient (Wildman–Crippen LogP) is 0.341. The quantitative estimate of drug-likeness (QED) is 0.589. The number of aliphatic hydroxyl groups is 2. The van der Waals surface area contributed by atoms with Crippen molar-refractivity contribution in [1.82, 2.24) is 10.6 Å². The number of carbonyl (C=O) groups is 2. The van der Waals surface area contributed by atoms with Crippen molar-refractivity contribution >= 4 is 11.8 Å². The van der Waals surface area contributed by atoms with E-state index >= 15 is 0 Å². The summed E-state index contributed by atoms with van der Waals surface area (Å²) in [5, 5.41) is 24.6. The van der Waals surface area contributed by atoms with Crippen molar-refractivity contribution in [1.29, 1.82) is 0 Å². The molecule has 2 amide bonds. The average Bonchev–Trinajstić information content (AvgIpc) is 2.64. The maximum Gasteiger partial charge on any atom is 0.252 e. The molecule has 0 saturated carbocycles. The minimum absolute atomic E-state index is 0.203. The number of rotatable bonds is 7. The Morgan fingerprint density at radius 2 is 1.04 bits per heavy atom. The van der Waals surface area contributed by atoms with Crippen molar-refractivity contribution in [2.24, 2.45) is 0 Å². The van der Waals surface area contributed by atoms with Crippen LogP contribution in [0.2, 0.25) is 0 Å². The highest BCUT2D eigenvalue weighted by Gasteiger charge is 2.29. The second kappa shape index (κ2) is 8.81. The first-order valence-electron chi connectivity index (χ1n) is 7.57. The molecule has 0 fully saturated rings. The maximum absolute atomic E-state index is 11.8. The number of hydrogen-bond acceptors (Lipinski definition) is 4. The molecule has 0 radical (unpaired) electrons. The average molecular weight is 328 g/mol. The highest BCUT2D eigenvalue weighted by molar-refractivity contribution is 5.90. The molecule has 2 aromatic carbocycles. The molecule has 6 nitrogen and oxygen atoms in total. The Kier molecular flexibility index (Phi) is 6.48. The van der Waals surface area contributed by atoms with Crippen LogP contribution in [0, 0.1) is 0 Å². The van der Waals surface area contributed by atoms with Gasteiger partial charge in [-0.05, 0) is 11.1 Å². The molecule has 0 bridgehead atoms. The second-order valence-corrected chi connectivity index (χ2v) is 5.30. The van der Waals surface area contributed by atoms with Gasteiger partial charge in [0.2, 0.25) is 0 Å². The van der Waals surface area contributed by atoms with Crippen LogP contribution in [0.1, 0.15) is 11.1 Å². The molecule has 2 atom stereocenters. The molecular formula is C18H20N2O4. The third kappa shape index (κ3) is 5.19. The molecule has 2 aromatic rings. The SMILES string of the molecule is O=C(NCc1ccccc1)[C@H](O)[C@@H](O)C(=O)NCc1ccccc1. The molecule has 0 spiro atoms. The summed E-state index contributed by atoms with van der Waals surface area (Å²) in [5.74, 6) is -1.61. The van der Waals surface area contributed by atoms with Crippen LogP contribution in [-0.4, -0.2) is 34.2 Å². The van der Waals surface area contributed by atoms with Crippen molar-refractivity contribution in [2.75, 3.05) is 0 Å². The van der Waals surface area contributed by atoms with Gasteiger partial charge in [-0.15, -0.1) is 0 Å². The molecule has 0 aromatic heterocycles. The molecule has 0 heterocycles. The van der Waals surface area contributed by atoms with Crippen LogP contribution in [0.15, 0.2) is 60.7 Å². The van der Waals surface area contributed by atoms with Crippen LogP contribution in [0.3, 0.4) is 0 Å². The van der Waals surface area contributed by atoms with E-state index < -0.39 is 24.0 Å². The summed E-state index contributed by atoms with van der Waals surface area (Å²) >= 11 is 0. The Balaban J connectivity index is 1.80. The van der Waals surface area contributed by atoms with Gasteiger partial charge in [0.25, 0.3) is 11.8 Å². The lowest BCUT2D eigenvalue weighted by Gasteiger charge is -2.17. The van der Waals surface area contributed by atoms with E-state index in [1.54, 1.807) is 0 Å². The summed E-state index contributed by atoms with van der Waals surface area (Å²) in [6.07, 6.45) is -3.66. The van der Waals surface area contributed by atoms with E-state index in [4.69, 9.17) is 0 Å². The minimum Gasteiger partial charge on any atom is -0.380 e. The van der Waals surface area contributed by atoms with Gasteiger partial charge in [0.1, 0.15) is 0 Å². The summed E-state index contributed by atoms with van der Waals surface area (Å²) in [7, 11) is 0. The first kappa shape index (κ1) is 17.7. The maximum atomic E-state index is 11.8. The minimum atomic E-state index is -1.83. The van der Waals surface area contributed by atoms with E-state index in [-0.39, 0.29) is 13.1 Å². The zero-order chi connectivity index (χ0) is 17.4. The largest absolute Gasteiger partial charge is 0.380 e. The molecule has 4 N–H and O–H groups in total. The van der Waals surface area contributed by atoms with E-state index in [2.05, 4.69) is 10.6 Å². The van der Waals surface area contributed by atoms with Crippen LogP contribution in [0.4, 0.5) is 0 Å². The fourth-order valence-corrected chi connectivity index (χ4v) is 2.07. The van der Waals surface area contributed by atoms with Crippen molar-refractivity contribution in [3.8, 4) is 0 Å². The second-order valence-electron chi connectivity index (χ2n) is 5.30. The van der Waals surface area contributed by atoms with Gasteiger partial charge in [-0.3, -0.25) is 9.59 Å². The highest BCUT2D eigenvalue weighted by Crippen LogP contribution is 2.01. The standard InChI is InChI=1S/C18H20N2O4/c21-15(17(23)19-11-13-7-3-1-4-8-13)16(22)18(24)20-12-14-9-5-2-6-10-14/h1-10,15-16,21-22H,11-12H2,(H,19,23)(H,20,24)/t15-,16-/m1/s1. The van der Waals surface area contributed by atoms with Crippen molar-refractivity contribution < 1.29 is 19.8 Å². The van der Waals surface area contributed by atoms with Gasteiger partial charge in [-0.25, -0.2) is 0 Å². The van der Waals surface area contributed by atoms with Gasteiger partial charge in [0.05, 0.1) is 0 Å². The zero-order valence-corrected chi connectivity index (χ0v) is 13.1. The summed E-state index contributed by atoms with van der Waals surface area (Å²) in [6, 6.07) is 18.2. The van der Waals surface area contributed by atoms with Gasteiger partial charge in [0, 0.05) is 13.1 Å². The Labute approximate surface area is 140 Å². The van der Waals surface area contributed by atoms with E-state index in [0.29, 0.717) is 0 Å². The van der Waals surface area contributed by atoms with Gasteiger partial charge >= 0.3 is 0 Å². The number of nitrogens with one attached hydrogen (secondary N) is 2. The van der Waals surface area contributed by atoms with Gasteiger partial charge in [-0.2, -0.15) is 0 Å². The third-order valence-corrected chi connectivity index (χ3v) is 3.46. The smallest absolute Gasteiger partial charge is 0.252 e. The van der Waals surface area contributed by atoms with Crippen LogP contribution < -0.4 is 10.6 Å². The van der Waals surface area contributed by atoms with Crippen LogP contribution in [-0.2, 0) is 22.7 Å². The predicted molar refractivity (Wildman–Crippen MR) is 88.6 cm³/mol. The first-order valence-corrected chi connectivity index (χ1v) is 7.57. The fourth-order valence-electron chi connectivity index (χ4n) is 2.07. The summed E-state index contributed by atoms with van der Waals surface area (Å²) < 4.78 is 0. The molecular weight excluding hydrogens is 308 g/mol. The zero-order valence-electron chi connectivity index (χ0n) is 13.1. The number of amides is 2. The highest BCUT2D eigenvalue weighted by atomic mass is 16.3. The third-order valence-electron chi connectivity index (χ3n) is 3.46. The monoisotopic (exact) mass is 328 g/mol. The molecule has 2 rings (SSSR count). The molecule has 6 heteroatoms. The van der Waals surface area contributed by atoms with Crippen molar-refractivity contribution in [2.45, 2.75) is 25.3 Å². The summed E-state index contributed by atoms with van der Waals surface area (Å²) in [4.78, 5) is 23.7. The lowest BCUT2D eigenvalue weighted by Crippen LogP contribution is -2.49. The number of carbonyl (C=O) groups excluding carboxylic acids is 2. The number of hydrogen-bond donors (Lipinski definition) is 4. The first-order chi connectivity index (χ1) is 11.6. The lowest BCUT2D eigenvalue weighted by molar-refractivity contribution is -0.146. The Bertz CT molecular complexity index is 602. The molecule has 0 aliphatic rings. The van der Waals surface area contributed by atoms with Crippen LogP contribution >= 0.6 is 0 Å². The summed E-state index contributed by atoms with van der Waals surface area (Å²) in [6.45, 7) is 0.407. The van der Waals surface area contributed by atoms with Crippen LogP contribution in [0.25, 0.3) is 0 Å². The van der Waals surface area contributed by atoms with E-state index in [0.717, 1.165) is 11.1 Å². The molecule has 0 unspecified atom stereocenters. The molecule has 126 valence electrons. The van der Waals surface area contributed by atoms with Crippen LogP contribution in [0.5, 0.6) is 0 Å². The normalized spacial score (nSPS) is 12.9. The van der Waals surface area contributed by atoms with E-state index in [1.807, 2.05) is 60.7 Å². The molecule has 0 saturated heterocycles. The van der Waals surface area contributed by atoms with Gasteiger partial charge in [-0.1, -0.05) is 60.7 Å². The molecule has 0 aliphatic heterocycles. The molecule has 24 heavy (non-hydrogen) atoms. The number of aliphatic hydroxyl groups excluding tert-OH is 2. The summed E-state index contributed by atoms with van der Waals surface area (Å²) in [5.41, 5.74) is 1.70. The van der Waals surface area contributed by atoms with Crippen molar-refractivity contribution in [3.63, 3.8) is 0 Å². The topological polar surface area (TPSA) is 98.7 Å². The number of benzene rings is 2. The van der Waals surface area contributed by atoms with Gasteiger partial charge in [0.15, 0.2) is 12.2 Å². The lowest BCUT2D eigenvalue weighted by atomic mass is 10.1. The van der Waals surface area contributed by atoms with E-state index in [1.165, 1.54) is 0 Å². The molecule has 0 aliphatic carbocycles. The Hall–Kier alpha value is -2.70. The van der Waals surface area contributed by atoms with Gasteiger partial charge < -0.3 is 20.8 Å². The fraction of sp³-hybridized carbons (Fsp3) is 0.222. The Morgan fingerprint density at radius 3 is 1.38 bits per heavy atom. The van der Waals surface area contributed by atoms with E-state index in [9.17, 15) is 19.8 Å². The Morgan fingerprint density at radius 1 is 0.708 bits per heavy atom. The van der Waals surface area contributed by atoms with Crippen molar-refractivity contribution in [3.05, 3.63) is 71.8 Å².